The predicted octanol–water partition coefficient (Wildman–Crippen LogP) is 14.1. The third kappa shape index (κ3) is 6.49. The first-order chi connectivity index (χ1) is 31.2. The molecule has 0 aliphatic carbocycles. The molecular weight excluding hydrogens is 769 g/mol. The molecule has 63 heavy (non-hydrogen) atoms. The minimum absolute atomic E-state index is 0.638. The Morgan fingerprint density at radius 2 is 0.825 bits per heavy atom. The summed E-state index contributed by atoms with van der Waals surface area (Å²) in [4.78, 5) is 25.6. The van der Waals surface area contributed by atoms with Crippen LogP contribution in [0.2, 0.25) is 0 Å². The van der Waals surface area contributed by atoms with Gasteiger partial charge in [0.05, 0.1) is 22.2 Å². The summed E-state index contributed by atoms with van der Waals surface area (Å²) < 4.78 is 2.27. The van der Waals surface area contributed by atoms with Crippen LogP contribution >= 0.6 is 0 Å². The fraction of sp³-hybridized carbons (Fsp3) is 0. The van der Waals surface area contributed by atoms with E-state index in [0.717, 1.165) is 99.6 Å². The fourth-order valence-electron chi connectivity index (χ4n) is 8.73. The Hall–Kier alpha value is -8.61. The van der Waals surface area contributed by atoms with E-state index in [0.29, 0.717) is 17.5 Å². The van der Waals surface area contributed by atoms with Gasteiger partial charge in [-0.05, 0) is 63.7 Å². The topological polar surface area (TPSA) is 69.4 Å². The lowest BCUT2D eigenvalue weighted by Gasteiger charge is -2.13. The monoisotopic (exact) mass is 804 g/mol. The summed E-state index contributed by atoms with van der Waals surface area (Å²) in [5.74, 6) is 2.82. The zero-order valence-corrected chi connectivity index (χ0v) is 34.0. The zero-order chi connectivity index (χ0) is 41.7. The van der Waals surface area contributed by atoms with E-state index in [9.17, 15) is 0 Å². The van der Waals surface area contributed by atoms with Crippen LogP contribution in [0.25, 0.3) is 117 Å². The highest BCUT2D eigenvalue weighted by molar-refractivity contribution is 6.20. The summed E-state index contributed by atoms with van der Waals surface area (Å²) in [6.07, 6.45) is 0. The maximum absolute atomic E-state index is 5.45. The van der Waals surface area contributed by atoms with Crippen molar-refractivity contribution in [1.82, 2.24) is 29.5 Å². The van der Waals surface area contributed by atoms with E-state index in [1.54, 1.807) is 0 Å². The molecule has 3 aromatic heterocycles. The van der Waals surface area contributed by atoms with Gasteiger partial charge in [0.25, 0.3) is 0 Å². The quantitative estimate of drug-likeness (QED) is 0.150. The molecular formula is C57H36N6. The van der Waals surface area contributed by atoms with Crippen LogP contribution in [-0.4, -0.2) is 29.5 Å². The Morgan fingerprint density at radius 3 is 1.48 bits per heavy atom. The molecule has 0 atom stereocenters. The number of nitrogens with zero attached hydrogens (tertiary/aromatic N) is 6. The van der Waals surface area contributed by atoms with Gasteiger partial charge in [0, 0.05) is 44.3 Å². The van der Waals surface area contributed by atoms with E-state index in [2.05, 4.69) is 150 Å². The first-order valence-corrected chi connectivity index (χ1v) is 21.1. The van der Waals surface area contributed by atoms with E-state index < -0.39 is 0 Å². The molecule has 9 aromatic carbocycles. The fourth-order valence-corrected chi connectivity index (χ4v) is 8.73. The van der Waals surface area contributed by atoms with E-state index in [4.69, 9.17) is 24.9 Å². The van der Waals surface area contributed by atoms with E-state index >= 15 is 0 Å². The third-order valence-corrected chi connectivity index (χ3v) is 11.8. The Bertz CT molecular complexity index is 3590. The van der Waals surface area contributed by atoms with Crippen molar-refractivity contribution in [2.24, 2.45) is 0 Å². The highest BCUT2D eigenvalue weighted by Gasteiger charge is 2.21. The summed E-state index contributed by atoms with van der Waals surface area (Å²) in [5, 5.41) is 5.51. The molecule has 0 saturated carbocycles. The molecule has 12 rings (SSSR count). The second-order valence-electron chi connectivity index (χ2n) is 15.7. The number of pyridine rings is 1. The van der Waals surface area contributed by atoms with Crippen LogP contribution in [0.15, 0.2) is 218 Å². The smallest absolute Gasteiger partial charge is 0.164 e. The van der Waals surface area contributed by atoms with Crippen molar-refractivity contribution in [3.8, 4) is 73.6 Å². The van der Waals surface area contributed by atoms with Crippen LogP contribution in [0.3, 0.4) is 0 Å². The molecule has 0 saturated heterocycles. The van der Waals surface area contributed by atoms with Crippen LogP contribution < -0.4 is 0 Å². The normalized spacial score (nSPS) is 11.5. The molecule has 3 heterocycles. The van der Waals surface area contributed by atoms with Gasteiger partial charge < -0.3 is 0 Å². The third-order valence-electron chi connectivity index (χ3n) is 11.8. The number of benzene rings is 9. The minimum atomic E-state index is 0.638. The molecule has 0 amide bonds. The summed E-state index contributed by atoms with van der Waals surface area (Å²) >= 11 is 0. The molecule has 0 aliphatic rings. The van der Waals surface area contributed by atoms with Crippen molar-refractivity contribution >= 4 is 43.5 Å². The molecule has 6 heteroatoms. The number of hydrogen-bond acceptors (Lipinski definition) is 5. The molecule has 0 fully saturated rings. The van der Waals surface area contributed by atoms with Crippen LogP contribution in [-0.2, 0) is 0 Å². The number of hydrogen-bond donors (Lipinski definition) is 0. The molecule has 0 bridgehead atoms. The Labute approximate surface area is 363 Å². The van der Waals surface area contributed by atoms with Gasteiger partial charge in [0.15, 0.2) is 17.5 Å². The van der Waals surface area contributed by atoms with Crippen LogP contribution in [0.4, 0.5) is 0 Å². The van der Waals surface area contributed by atoms with Gasteiger partial charge in [0.2, 0.25) is 0 Å². The van der Waals surface area contributed by atoms with Gasteiger partial charge in [-0.25, -0.2) is 24.9 Å². The molecule has 6 nitrogen and oxygen atoms in total. The van der Waals surface area contributed by atoms with E-state index in [1.165, 1.54) is 0 Å². The number of aromatic nitrogens is 6. The molecule has 0 radical (unpaired) electrons. The SMILES string of the molecule is c1ccc(-c2nc(-c3ccccc3)nc(-c3ccc4cc(-c5ccc(-c6nc7ccccc7c7ccc8c(nc(-c9ccccc9)n8-c8ccccc8)c67)cc5)ccc4c3)n2)cc1. The maximum atomic E-state index is 5.45. The largest absolute Gasteiger partial charge is 0.292 e. The maximum Gasteiger partial charge on any atom is 0.164 e. The zero-order valence-electron chi connectivity index (χ0n) is 34.0. The van der Waals surface area contributed by atoms with Crippen molar-refractivity contribution in [3.05, 3.63) is 218 Å². The van der Waals surface area contributed by atoms with Crippen molar-refractivity contribution in [2.45, 2.75) is 0 Å². The number of para-hydroxylation sites is 2. The number of rotatable bonds is 7. The lowest BCUT2D eigenvalue weighted by Crippen LogP contribution is -2.00. The number of fused-ring (bicyclic) bond motifs is 6. The Morgan fingerprint density at radius 1 is 0.317 bits per heavy atom. The van der Waals surface area contributed by atoms with Crippen molar-refractivity contribution in [3.63, 3.8) is 0 Å². The van der Waals surface area contributed by atoms with Crippen LogP contribution in [0.5, 0.6) is 0 Å². The van der Waals surface area contributed by atoms with Gasteiger partial charge in [-0.3, -0.25) is 4.57 Å². The molecule has 0 N–H and O–H groups in total. The first-order valence-electron chi connectivity index (χ1n) is 21.1. The van der Waals surface area contributed by atoms with E-state index in [1.807, 2.05) is 72.8 Å². The lowest BCUT2D eigenvalue weighted by atomic mass is 9.96. The lowest BCUT2D eigenvalue weighted by molar-refractivity contribution is 1.07. The minimum Gasteiger partial charge on any atom is -0.292 e. The van der Waals surface area contributed by atoms with Gasteiger partial charge in [-0.1, -0.05) is 182 Å². The second-order valence-corrected chi connectivity index (χ2v) is 15.7. The number of imidazole rings is 1. The highest BCUT2D eigenvalue weighted by Crippen LogP contribution is 2.40. The molecule has 12 aromatic rings. The van der Waals surface area contributed by atoms with Crippen molar-refractivity contribution in [1.29, 1.82) is 0 Å². The average molecular weight is 805 g/mol. The second kappa shape index (κ2) is 15.1. The van der Waals surface area contributed by atoms with Gasteiger partial charge in [0.1, 0.15) is 5.82 Å². The standard InChI is InChI=1S/C57H36N6/c1-5-15-39(16-6-1)54-60-55(40-17-7-2-8-18-40)62-56(61-54)45-32-31-43-35-42(29-30-44(43)36-45)37-25-27-38(28-26-37)52-51-48(47-23-13-14-24-49(47)58-52)33-34-50-53(51)59-57(41-19-9-3-10-20-41)63(50)46-21-11-4-12-22-46/h1-36H. The van der Waals surface area contributed by atoms with Gasteiger partial charge in [-0.15, -0.1) is 0 Å². The van der Waals surface area contributed by atoms with Crippen molar-refractivity contribution < 1.29 is 0 Å². The molecule has 0 aliphatic heterocycles. The average Bonchev–Trinajstić information content (AvgIpc) is 3.77. The van der Waals surface area contributed by atoms with Gasteiger partial charge in [-0.2, -0.15) is 0 Å². The summed E-state index contributed by atoms with van der Waals surface area (Å²) in [7, 11) is 0. The molecule has 294 valence electrons. The molecule has 0 spiro atoms. The van der Waals surface area contributed by atoms with Gasteiger partial charge >= 0.3 is 0 Å². The summed E-state index contributed by atoms with van der Waals surface area (Å²) in [6.45, 7) is 0. The van der Waals surface area contributed by atoms with Crippen molar-refractivity contribution in [2.75, 3.05) is 0 Å². The summed E-state index contributed by atoms with van der Waals surface area (Å²) in [6, 6.07) is 75.7. The first kappa shape index (κ1) is 36.3. The van der Waals surface area contributed by atoms with Crippen LogP contribution in [0, 0.1) is 0 Å². The Balaban J connectivity index is 0.943. The molecule has 0 unspecified atom stereocenters. The van der Waals surface area contributed by atoms with E-state index in [-0.39, 0.29) is 0 Å². The highest BCUT2D eigenvalue weighted by atomic mass is 15.1. The summed E-state index contributed by atoms with van der Waals surface area (Å²) in [5.41, 5.74) is 12.0. The van der Waals surface area contributed by atoms with Crippen LogP contribution in [0.1, 0.15) is 0 Å². The Kier molecular flexibility index (Phi) is 8.71. The predicted molar refractivity (Wildman–Crippen MR) is 257 cm³/mol.